The number of amides is 1. The molecular weight excluding hydrogens is 316 g/mol. The minimum absolute atomic E-state index is 0.0385. The van der Waals surface area contributed by atoms with Crippen molar-refractivity contribution in [2.24, 2.45) is 11.8 Å². The summed E-state index contributed by atoms with van der Waals surface area (Å²) < 4.78 is 1.82. The van der Waals surface area contributed by atoms with Gasteiger partial charge in [0.15, 0.2) is 0 Å². The highest BCUT2D eigenvalue weighted by Crippen LogP contribution is 2.21. The Morgan fingerprint density at radius 1 is 1.36 bits per heavy atom. The third-order valence-corrected chi connectivity index (χ3v) is 5.06. The lowest BCUT2D eigenvalue weighted by Crippen LogP contribution is -2.43. The van der Waals surface area contributed by atoms with Gasteiger partial charge in [0, 0.05) is 32.3 Å². The summed E-state index contributed by atoms with van der Waals surface area (Å²) in [5, 5.41) is 14.3. The summed E-state index contributed by atoms with van der Waals surface area (Å²) in [6, 6.07) is 2.28. The molecule has 6 nitrogen and oxygen atoms in total. The maximum Gasteiger partial charge on any atom is 0.272 e. The van der Waals surface area contributed by atoms with Crippen LogP contribution in [0.5, 0.6) is 0 Å². The van der Waals surface area contributed by atoms with Crippen LogP contribution in [0.2, 0.25) is 0 Å². The van der Waals surface area contributed by atoms with E-state index in [-0.39, 0.29) is 18.4 Å². The van der Waals surface area contributed by atoms with Crippen LogP contribution in [-0.2, 0) is 13.0 Å². The predicted octanol–water partition coefficient (Wildman–Crippen LogP) is 1.88. The standard InChI is InChI=1S/C19H34N4O2/c1-6-23-18(10-16(20-23)9-14(2)3)19(25)22-11-15(13-24)7-8-17(12-22)21(4)5/h10,14-15,17,24H,6-9,11-13H2,1-5H3/t15-,17+/m0/s1. The smallest absolute Gasteiger partial charge is 0.272 e. The zero-order valence-electron chi connectivity index (χ0n) is 16.4. The molecule has 142 valence electrons. The van der Waals surface area contributed by atoms with E-state index in [2.05, 4.69) is 37.9 Å². The SMILES string of the molecule is CCn1nc(CC(C)C)cc1C(=O)N1C[C@@H](CO)CC[C@@H](N(C)C)C1. The highest BCUT2D eigenvalue weighted by Gasteiger charge is 2.30. The minimum atomic E-state index is 0.0385. The van der Waals surface area contributed by atoms with Gasteiger partial charge in [-0.25, -0.2) is 0 Å². The Balaban J connectivity index is 2.25. The van der Waals surface area contributed by atoms with E-state index in [0.717, 1.165) is 25.0 Å². The number of carbonyl (C=O) groups is 1. The number of hydrogen-bond acceptors (Lipinski definition) is 4. The number of aromatic nitrogens is 2. The van der Waals surface area contributed by atoms with Crippen LogP contribution < -0.4 is 0 Å². The first-order valence-electron chi connectivity index (χ1n) is 9.48. The second kappa shape index (κ2) is 8.81. The number of aliphatic hydroxyl groups excluding tert-OH is 1. The lowest BCUT2D eigenvalue weighted by atomic mass is 10.0. The van der Waals surface area contributed by atoms with Crippen LogP contribution in [0.3, 0.4) is 0 Å². The van der Waals surface area contributed by atoms with Gasteiger partial charge in [-0.15, -0.1) is 0 Å². The molecule has 1 amide bonds. The number of aliphatic hydroxyl groups is 1. The summed E-state index contributed by atoms with van der Waals surface area (Å²) in [4.78, 5) is 17.3. The molecule has 0 aromatic carbocycles. The van der Waals surface area contributed by atoms with Crippen LogP contribution in [-0.4, -0.2) is 70.4 Å². The zero-order chi connectivity index (χ0) is 18.6. The summed E-state index contributed by atoms with van der Waals surface area (Å²) in [5.41, 5.74) is 1.66. The molecule has 0 spiro atoms. The number of rotatable bonds is 6. The summed E-state index contributed by atoms with van der Waals surface area (Å²) in [5.74, 6) is 0.705. The molecule has 2 heterocycles. The quantitative estimate of drug-likeness (QED) is 0.851. The van der Waals surface area contributed by atoms with Crippen molar-refractivity contribution < 1.29 is 9.90 Å². The molecule has 0 aliphatic carbocycles. The van der Waals surface area contributed by atoms with Crippen LogP contribution in [0.1, 0.15) is 49.8 Å². The highest BCUT2D eigenvalue weighted by molar-refractivity contribution is 5.92. The molecular formula is C19H34N4O2. The van der Waals surface area contributed by atoms with Crippen molar-refractivity contribution in [3.63, 3.8) is 0 Å². The van der Waals surface area contributed by atoms with Gasteiger partial charge in [-0.1, -0.05) is 13.8 Å². The van der Waals surface area contributed by atoms with Crippen LogP contribution >= 0.6 is 0 Å². The van der Waals surface area contributed by atoms with Crippen molar-refractivity contribution in [1.29, 1.82) is 0 Å². The van der Waals surface area contributed by atoms with Gasteiger partial charge in [0.25, 0.3) is 5.91 Å². The molecule has 1 aromatic heterocycles. The average Bonchev–Trinajstić information content (AvgIpc) is 2.82. The molecule has 0 saturated carbocycles. The van der Waals surface area contributed by atoms with Gasteiger partial charge in [-0.2, -0.15) is 5.10 Å². The molecule has 1 N–H and O–H groups in total. The number of aryl methyl sites for hydroxylation is 1. The first-order chi connectivity index (χ1) is 11.8. The molecule has 1 aliphatic rings. The van der Waals surface area contributed by atoms with Crippen molar-refractivity contribution >= 4 is 5.91 Å². The van der Waals surface area contributed by atoms with E-state index in [4.69, 9.17) is 0 Å². The maximum absolute atomic E-state index is 13.2. The molecule has 1 fully saturated rings. The van der Waals surface area contributed by atoms with Crippen molar-refractivity contribution in [2.75, 3.05) is 33.8 Å². The van der Waals surface area contributed by atoms with Crippen molar-refractivity contribution in [1.82, 2.24) is 19.6 Å². The fourth-order valence-corrected chi connectivity index (χ4v) is 3.55. The maximum atomic E-state index is 13.2. The Labute approximate surface area is 151 Å². The lowest BCUT2D eigenvalue weighted by Gasteiger charge is -2.29. The fourth-order valence-electron chi connectivity index (χ4n) is 3.55. The molecule has 2 rings (SSSR count). The topological polar surface area (TPSA) is 61.6 Å². The minimum Gasteiger partial charge on any atom is -0.396 e. The first-order valence-corrected chi connectivity index (χ1v) is 9.48. The number of carbonyl (C=O) groups excluding carboxylic acids is 1. The average molecular weight is 351 g/mol. The largest absolute Gasteiger partial charge is 0.396 e. The van der Waals surface area contributed by atoms with Gasteiger partial charge < -0.3 is 14.9 Å². The summed E-state index contributed by atoms with van der Waals surface area (Å²) in [6.07, 6.45) is 2.84. The number of nitrogens with zero attached hydrogens (tertiary/aromatic N) is 4. The molecule has 0 bridgehead atoms. The fraction of sp³-hybridized carbons (Fsp3) is 0.789. The van der Waals surface area contributed by atoms with E-state index in [1.807, 2.05) is 22.6 Å². The molecule has 1 aromatic rings. The highest BCUT2D eigenvalue weighted by atomic mass is 16.3. The van der Waals surface area contributed by atoms with E-state index in [9.17, 15) is 9.90 Å². The number of likely N-dealkylation sites (tertiary alicyclic amines) is 1. The monoisotopic (exact) mass is 350 g/mol. The summed E-state index contributed by atoms with van der Waals surface area (Å²) in [6.45, 7) is 8.49. The van der Waals surface area contributed by atoms with E-state index in [1.165, 1.54) is 0 Å². The van der Waals surface area contributed by atoms with Crippen LogP contribution in [0.25, 0.3) is 0 Å². The van der Waals surface area contributed by atoms with E-state index in [0.29, 0.717) is 37.3 Å². The third-order valence-electron chi connectivity index (χ3n) is 5.06. The van der Waals surface area contributed by atoms with E-state index < -0.39 is 0 Å². The van der Waals surface area contributed by atoms with Gasteiger partial charge in [0.1, 0.15) is 5.69 Å². The van der Waals surface area contributed by atoms with Gasteiger partial charge in [0.2, 0.25) is 0 Å². The van der Waals surface area contributed by atoms with Crippen molar-refractivity contribution in [2.45, 2.75) is 52.6 Å². The number of hydrogen-bond donors (Lipinski definition) is 1. The summed E-state index contributed by atoms with van der Waals surface area (Å²) in [7, 11) is 4.12. The van der Waals surface area contributed by atoms with Crippen LogP contribution in [0.4, 0.5) is 0 Å². The Bertz CT molecular complexity index is 568. The van der Waals surface area contributed by atoms with Gasteiger partial charge in [-0.05, 0) is 58.2 Å². The van der Waals surface area contributed by atoms with Crippen LogP contribution in [0, 0.1) is 11.8 Å². The number of likely N-dealkylation sites (N-methyl/N-ethyl adjacent to an activating group) is 1. The second-order valence-electron chi connectivity index (χ2n) is 7.89. The summed E-state index contributed by atoms with van der Waals surface area (Å²) >= 11 is 0. The molecule has 0 unspecified atom stereocenters. The molecule has 25 heavy (non-hydrogen) atoms. The molecule has 1 aliphatic heterocycles. The molecule has 0 radical (unpaired) electrons. The van der Waals surface area contributed by atoms with E-state index in [1.54, 1.807) is 0 Å². The van der Waals surface area contributed by atoms with E-state index >= 15 is 0 Å². The van der Waals surface area contributed by atoms with Gasteiger partial charge in [0.05, 0.1) is 5.69 Å². The Kier molecular flexibility index (Phi) is 7.02. The normalized spacial score (nSPS) is 21.8. The first kappa shape index (κ1) is 19.9. The Morgan fingerprint density at radius 2 is 2.08 bits per heavy atom. The van der Waals surface area contributed by atoms with Gasteiger partial charge >= 0.3 is 0 Å². The van der Waals surface area contributed by atoms with Crippen molar-refractivity contribution in [3.05, 3.63) is 17.5 Å². The lowest BCUT2D eigenvalue weighted by molar-refractivity contribution is 0.0677. The third kappa shape index (κ3) is 5.05. The molecule has 1 saturated heterocycles. The second-order valence-corrected chi connectivity index (χ2v) is 7.89. The predicted molar refractivity (Wildman–Crippen MR) is 99.6 cm³/mol. The van der Waals surface area contributed by atoms with Crippen LogP contribution in [0.15, 0.2) is 6.07 Å². The van der Waals surface area contributed by atoms with Crippen molar-refractivity contribution in [3.8, 4) is 0 Å². The van der Waals surface area contributed by atoms with Gasteiger partial charge in [-0.3, -0.25) is 9.48 Å². The Hall–Kier alpha value is -1.40. The zero-order valence-corrected chi connectivity index (χ0v) is 16.4. The molecule has 6 heteroatoms. The Morgan fingerprint density at radius 3 is 2.64 bits per heavy atom. The molecule has 2 atom stereocenters.